The number of hydrogen-bond donors (Lipinski definition) is 0. The van der Waals surface area contributed by atoms with E-state index in [1.165, 1.54) is 18.4 Å². The van der Waals surface area contributed by atoms with E-state index in [0.717, 1.165) is 11.8 Å². The van der Waals surface area contributed by atoms with Gasteiger partial charge in [-0.3, -0.25) is 4.79 Å². The second kappa shape index (κ2) is 2.95. The lowest BCUT2D eigenvalue weighted by molar-refractivity contribution is -0.361. The maximum atomic E-state index is 13.9. The Hall–Kier alpha value is -1.19. The highest BCUT2D eigenvalue weighted by molar-refractivity contribution is 5.98. The summed E-state index contributed by atoms with van der Waals surface area (Å²) < 4.78 is 13.8. The second-order valence-electron chi connectivity index (χ2n) is 11.0. The Bertz CT molecular complexity index is 988. The summed E-state index contributed by atoms with van der Waals surface area (Å²) in [5.41, 5.74) is 1.09. The number of Topliss-reactive ketones (excluding diaryl/α,β-unsaturated/α-hetero) is 1. The Morgan fingerprint density at radius 2 is 1.73 bits per heavy atom. The molecule has 2 aliphatic heterocycles. The average molecular weight is 344 g/mol. The van der Waals surface area contributed by atoms with Crippen molar-refractivity contribution < 1.29 is 14.3 Å². The Morgan fingerprint density at radius 1 is 0.846 bits per heavy atom. The minimum atomic E-state index is -0.128. The van der Waals surface area contributed by atoms with Crippen LogP contribution in [-0.4, -0.2) is 23.6 Å². The van der Waals surface area contributed by atoms with Crippen LogP contribution in [0.4, 0.5) is 0 Å². The van der Waals surface area contributed by atoms with Gasteiger partial charge in [-0.1, -0.05) is 30.3 Å². The van der Waals surface area contributed by atoms with Gasteiger partial charge in [0.15, 0.2) is 0 Å². The molecule has 0 N–H and O–H groups in total. The van der Waals surface area contributed by atoms with Crippen molar-refractivity contribution in [3.8, 4) is 0 Å². The first-order valence-electron chi connectivity index (χ1n) is 10.7. The number of ketones is 1. The van der Waals surface area contributed by atoms with Crippen LogP contribution in [0.25, 0.3) is 0 Å². The first kappa shape index (κ1) is 12.3. The van der Waals surface area contributed by atoms with Crippen molar-refractivity contribution in [3.05, 3.63) is 35.9 Å². The van der Waals surface area contributed by atoms with E-state index in [9.17, 15) is 4.79 Å². The summed E-state index contributed by atoms with van der Waals surface area (Å²) in [4.78, 5) is 13.9. The van der Waals surface area contributed by atoms with Gasteiger partial charge in [-0.25, -0.2) is 0 Å². The zero-order valence-electron chi connectivity index (χ0n) is 14.4. The van der Waals surface area contributed by atoms with Gasteiger partial charge >= 0.3 is 0 Å². The molecule has 7 saturated carbocycles. The van der Waals surface area contributed by atoms with E-state index < -0.39 is 0 Å². The van der Waals surface area contributed by atoms with Crippen molar-refractivity contribution >= 4 is 5.78 Å². The number of carbonyl (C=O) groups is 1. The maximum absolute atomic E-state index is 13.9. The van der Waals surface area contributed by atoms with Gasteiger partial charge < -0.3 is 9.47 Å². The van der Waals surface area contributed by atoms with Crippen molar-refractivity contribution in [3.63, 3.8) is 0 Å². The van der Waals surface area contributed by atoms with Crippen molar-refractivity contribution in [2.24, 2.45) is 58.7 Å². The molecule has 2 saturated heterocycles. The summed E-state index contributed by atoms with van der Waals surface area (Å²) in [5, 5.41) is 0. The molecule has 2 heterocycles. The van der Waals surface area contributed by atoms with E-state index in [4.69, 9.17) is 9.47 Å². The van der Waals surface area contributed by atoms with Crippen molar-refractivity contribution in [2.45, 2.75) is 36.3 Å². The van der Waals surface area contributed by atoms with E-state index in [0.29, 0.717) is 53.5 Å². The predicted octanol–water partition coefficient (Wildman–Crippen LogP) is 2.40. The number of benzene rings is 1. The molecule has 0 unspecified atom stereocenters. The third-order valence-electron chi connectivity index (χ3n) is 11.6. The quantitative estimate of drug-likeness (QED) is 0.785. The zero-order chi connectivity index (χ0) is 16.4. The third kappa shape index (κ3) is 0.685. The first-order chi connectivity index (χ1) is 12.8. The Morgan fingerprint density at radius 3 is 2.62 bits per heavy atom. The third-order valence-corrected chi connectivity index (χ3v) is 11.6. The second-order valence-corrected chi connectivity index (χ2v) is 11.0. The van der Waals surface area contributed by atoms with Crippen LogP contribution in [0.3, 0.4) is 0 Å². The molecule has 1 aromatic carbocycles. The Balaban J connectivity index is 1.29. The van der Waals surface area contributed by atoms with Gasteiger partial charge in [0, 0.05) is 17.8 Å². The highest BCUT2D eigenvalue weighted by atomic mass is 16.6. The molecule has 2 spiro atoms. The SMILES string of the molecule is O=C1[C@H]2[C@@H]3C[C@@H]4[C@H]2O[C@@]25[C@@H]4[C@@H]3[C@@]12[C@@H]1[C@H]2O[C@]3(c4ccccc4)[C@H]2[C@H]5C[C@H]13. The van der Waals surface area contributed by atoms with Gasteiger partial charge in [0.1, 0.15) is 11.4 Å². The summed E-state index contributed by atoms with van der Waals surface area (Å²) in [6.45, 7) is 0. The van der Waals surface area contributed by atoms with E-state index in [1.807, 2.05) is 0 Å². The molecule has 7 aliphatic carbocycles. The summed E-state index contributed by atoms with van der Waals surface area (Å²) in [7, 11) is 0. The number of hydrogen-bond acceptors (Lipinski definition) is 3. The average Bonchev–Trinajstić information content (AvgIpc) is 3.36. The van der Waals surface area contributed by atoms with E-state index in [2.05, 4.69) is 30.3 Å². The van der Waals surface area contributed by atoms with Crippen molar-refractivity contribution in [2.75, 3.05) is 0 Å². The van der Waals surface area contributed by atoms with E-state index >= 15 is 0 Å². The van der Waals surface area contributed by atoms with Crippen LogP contribution >= 0.6 is 0 Å². The molecular formula is C23H20O3. The summed E-state index contributed by atoms with van der Waals surface area (Å²) in [6.07, 6.45) is 3.18. The molecule has 26 heavy (non-hydrogen) atoms. The summed E-state index contributed by atoms with van der Waals surface area (Å²) in [6, 6.07) is 11.0. The van der Waals surface area contributed by atoms with Crippen LogP contribution in [0.5, 0.6) is 0 Å². The van der Waals surface area contributed by atoms with Crippen LogP contribution in [0, 0.1) is 58.7 Å². The fraction of sp³-hybridized carbons (Fsp3) is 0.696. The van der Waals surface area contributed by atoms with Gasteiger partial charge in [0.05, 0.1) is 23.2 Å². The van der Waals surface area contributed by atoms with Gasteiger partial charge in [0.25, 0.3) is 0 Å². The molecule has 3 nitrogen and oxygen atoms in total. The first-order valence-corrected chi connectivity index (χ1v) is 10.7. The summed E-state index contributed by atoms with van der Waals surface area (Å²) in [5.74, 6) is 5.88. The molecule has 9 fully saturated rings. The molecular weight excluding hydrogens is 324 g/mol. The van der Waals surface area contributed by atoms with Crippen LogP contribution in [0.1, 0.15) is 18.4 Å². The van der Waals surface area contributed by atoms with E-state index in [-0.39, 0.29) is 22.5 Å². The molecule has 130 valence electrons. The molecule has 7 bridgehead atoms. The number of ether oxygens (including phenoxy) is 2. The molecule has 0 aromatic heterocycles. The molecule has 10 rings (SSSR count). The molecule has 14 atom stereocenters. The van der Waals surface area contributed by atoms with Crippen LogP contribution in [-0.2, 0) is 19.9 Å². The highest BCUT2D eigenvalue weighted by Gasteiger charge is 3.04. The lowest BCUT2D eigenvalue weighted by atomic mass is 9.31. The van der Waals surface area contributed by atoms with E-state index in [1.54, 1.807) is 0 Å². The number of rotatable bonds is 1. The van der Waals surface area contributed by atoms with Crippen LogP contribution in [0.2, 0.25) is 0 Å². The Labute approximate surface area is 151 Å². The van der Waals surface area contributed by atoms with Crippen molar-refractivity contribution in [1.29, 1.82) is 0 Å². The van der Waals surface area contributed by atoms with Crippen LogP contribution < -0.4 is 0 Å². The van der Waals surface area contributed by atoms with Gasteiger partial charge in [-0.15, -0.1) is 0 Å². The predicted molar refractivity (Wildman–Crippen MR) is 88.7 cm³/mol. The lowest BCUT2D eigenvalue weighted by Gasteiger charge is -2.74. The maximum Gasteiger partial charge on any atom is 0.148 e. The minimum Gasteiger partial charge on any atom is -0.369 e. The van der Waals surface area contributed by atoms with Gasteiger partial charge in [0.2, 0.25) is 0 Å². The molecule has 0 amide bonds. The topological polar surface area (TPSA) is 35.5 Å². The van der Waals surface area contributed by atoms with Gasteiger partial charge in [-0.05, 0) is 53.9 Å². The largest absolute Gasteiger partial charge is 0.369 e. The smallest absolute Gasteiger partial charge is 0.148 e. The summed E-state index contributed by atoms with van der Waals surface area (Å²) >= 11 is 0. The fourth-order valence-electron chi connectivity index (χ4n) is 12.0. The molecule has 0 radical (unpaired) electrons. The standard InChI is InChI=1S/C23H20O3/c24-20-13-9-6-10-15-14(9)21(20)16-11-7-12(23(15,21)26-18(10)13)17-19(16)25-22(11,17)8-4-2-1-3-5-8/h1-5,9-19H,6-7H2/t9-,10-,11+,12+,13-,14+,15-,16-,17-,18+,19+,21+,22-,23-/m0/s1. The number of carbonyl (C=O) groups excluding carboxylic acids is 1. The zero-order valence-corrected chi connectivity index (χ0v) is 14.4. The lowest BCUT2D eigenvalue weighted by Crippen LogP contribution is -2.83. The highest BCUT2D eigenvalue weighted by Crippen LogP contribution is 2.97. The number of fused-ring (bicyclic) bond motifs is 2. The minimum absolute atomic E-state index is 0.0610. The van der Waals surface area contributed by atoms with Gasteiger partial charge in [-0.2, -0.15) is 0 Å². The normalized spacial score (nSPS) is 75.2. The molecule has 9 aliphatic rings. The Kier molecular flexibility index (Phi) is 1.40. The monoisotopic (exact) mass is 344 g/mol. The molecule has 1 aromatic rings. The molecule has 3 heteroatoms. The van der Waals surface area contributed by atoms with Crippen LogP contribution in [0.15, 0.2) is 30.3 Å². The fourth-order valence-corrected chi connectivity index (χ4v) is 12.0. The van der Waals surface area contributed by atoms with Crippen molar-refractivity contribution in [1.82, 2.24) is 0 Å².